The topological polar surface area (TPSA) is 32.7 Å². The summed E-state index contributed by atoms with van der Waals surface area (Å²) in [4.78, 5) is 20.2. The lowest BCUT2D eigenvalue weighted by atomic mass is 9.91. The Balaban J connectivity index is 1.93. The Bertz CT molecular complexity index is 924. The van der Waals surface area contributed by atoms with Gasteiger partial charge in [0.15, 0.2) is 0 Å². The van der Waals surface area contributed by atoms with Gasteiger partial charge in [-0.3, -0.25) is 9.69 Å². The highest BCUT2D eigenvalue weighted by atomic mass is 16.2. The summed E-state index contributed by atoms with van der Waals surface area (Å²) in [6.45, 7) is 5.94. The molecule has 0 bridgehead atoms. The maximum Gasteiger partial charge on any atom is 0.264 e. The summed E-state index contributed by atoms with van der Waals surface area (Å²) in [5.74, 6) is 1.06. The number of fused-ring (bicyclic) bond motifs is 2. The number of anilines is 1. The van der Waals surface area contributed by atoms with E-state index in [0.29, 0.717) is 0 Å². The van der Waals surface area contributed by atoms with Gasteiger partial charge in [-0.15, -0.1) is 0 Å². The van der Waals surface area contributed by atoms with Crippen LogP contribution in [0, 0.1) is 5.92 Å². The van der Waals surface area contributed by atoms with Gasteiger partial charge in [0.1, 0.15) is 5.84 Å². The zero-order valence-corrected chi connectivity index (χ0v) is 15.0. The molecule has 1 amide bonds. The molecule has 0 radical (unpaired) electrons. The zero-order valence-electron chi connectivity index (χ0n) is 15.0. The minimum atomic E-state index is 0.00269. The van der Waals surface area contributed by atoms with Gasteiger partial charge in [-0.1, -0.05) is 49.1 Å². The molecule has 2 aliphatic heterocycles. The summed E-state index contributed by atoms with van der Waals surface area (Å²) in [6.07, 6.45) is 4.63. The van der Waals surface area contributed by atoms with Crippen LogP contribution in [-0.4, -0.2) is 11.7 Å². The van der Waals surface area contributed by atoms with E-state index in [0.717, 1.165) is 47.6 Å². The molecule has 0 saturated carbocycles. The lowest BCUT2D eigenvalue weighted by molar-refractivity contribution is 0.100. The number of hydrogen-bond acceptors (Lipinski definition) is 2. The van der Waals surface area contributed by atoms with Crippen molar-refractivity contribution in [1.29, 1.82) is 0 Å². The number of aliphatic imine (C=N–C) groups is 1. The fourth-order valence-corrected chi connectivity index (χ4v) is 3.87. The number of amides is 1. The third-order valence-corrected chi connectivity index (χ3v) is 5.28. The van der Waals surface area contributed by atoms with Crippen LogP contribution >= 0.6 is 0 Å². The first-order chi connectivity index (χ1) is 12.7. The average molecular weight is 342 g/mol. The molecule has 130 valence electrons. The lowest BCUT2D eigenvalue weighted by Gasteiger charge is -2.26. The molecule has 0 aromatic heterocycles. The van der Waals surface area contributed by atoms with E-state index in [4.69, 9.17) is 4.99 Å². The van der Waals surface area contributed by atoms with Gasteiger partial charge in [-0.2, -0.15) is 0 Å². The summed E-state index contributed by atoms with van der Waals surface area (Å²) in [5, 5.41) is 0. The quantitative estimate of drug-likeness (QED) is 0.742. The number of nitrogens with zero attached hydrogens (tertiary/aromatic N) is 2. The molecule has 4 rings (SSSR count). The van der Waals surface area contributed by atoms with Crippen LogP contribution in [0.3, 0.4) is 0 Å². The van der Waals surface area contributed by atoms with E-state index in [1.54, 1.807) is 0 Å². The molecule has 0 spiro atoms. The maximum atomic E-state index is 13.5. The minimum absolute atomic E-state index is 0.00269. The van der Waals surface area contributed by atoms with Gasteiger partial charge < -0.3 is 0 Å². The van der Waals surface area contributed by atoms with Gasteiger partial charge in [-0.25, -0.2) is 4.99 Å². The van der Waals surface area contributed by atoms with E-state index in [9.17, 15) is 4.79 Å². The largest absolute Gasteiger partial charge is 0.268 e. The summed E-state index contributed by atoms with van der Waals surface area (Å²) in [5.41, 5.74) is 4.87. The van der Waals surface area contributed by atoms with Crippen molar-refractivity contribution < 1.29 is 4.79 Å². The molecule has 2 aromatic carbocycles. The normalized spacial score (nSPS) is 19.9. The highest BCUT2D eigenvalue weighted by Crippen LogP contribution is 2.34. The first-order valence-corrected chi connectivity index (χ1v) is 9.07. The number of rotatable bonds is 2. The number of carbonyl (C=O) groups is 1. The number of benzene rings is 2. The van der Waals surface area contributed by atoms with Crippen molar-refractivity contribution in [3.8, 4) is 0 Å². The fourth-order valence-electron chi connectivity index (χ4n) is 3.87. The van der Waals surface area contributed by atoms with Crippen LogP contribution in [0.15, 0.2) is 83.5 Å². The van der Waals surface area contributed by atoms with Crippen LogP contribution < -0.4 is 4.90 Å². The third kappa shape index (κ3) is 2.80. The molecule has 2 aromatic rings. The fraction of sp³-hybridized carbons (Fsp3) is 0.217. The Morgan fingerprint density at radius 3 is 2.62 bits per heavy atom. The first kappa shape index (κ1) is 16.5. The molecule has 2 aliphatic rings. The third-order valence-electron chi connectivity index (χ3n) is 5.28. The van der Waals surface area contributed by atoms with Crippen molar-refractivity contribution in [2.75, 3.05) is 4.90 Å². The molecule has 1 atom stereocenters. The molecule has 1 unspecified atom stereocenters. The summed E-state index contributed by atoms with van der Waals surface area (Å²) in [7, 11) is 0. The molecule has 0 fully saturated rings. The second kappa shape index (κ2) is 6.75. The van der Waals surface area contributed by atoms with E-state index in [2.05, 4.69) is 12.6 Å². The monoisotopic (exact) mass is 342 g/mol. The van der Waals surface area contributed by atoms with Crippen LogP contribution in [-0.2, 0) is 6.42 Å². The predicted octanol–water partition coefficient (Wildman–Crippen LogP) is 5.16. The molecule has 26 heavy (non-hydrogen) atoms. The lowest BCUT2D eigenvalue weighted by Crippen LogP contribution is -2.39. The minimum Gasteiger partial charge on any atom is -0.268 e. The standard InChI is InChI=1S/C23H22N2O/c1-3-17-13-14-19-15-18-9-7-8-12-21(18)23(26)25(22(19)24-16(17)2)20-10-5-4-6-11-20/h3-12,19H,1,13-15H2,2H3. The highest BCUT2D eigenvalue weighted by molar-refractivity contribution is 6.24. The van der Waals surface area contributed by atoms with Gasteiger partial charge in [0.25, 0.3) is 5.91 Å². The van der Waals surface area contributed by atoms with Crippen molar-refractivity contribution in [3.63, 3.8) is 0 Å². The van der Waals surface area contributed by atoms with Crippen molar-refractivity contribution in [2.45, 2.75) is 26.2 Å². The summed E-state index contributed by atoms with van der Waals surface area (Å²) >= 11 is 0. The first-order valence-electron chi connectivity index (χ1n) is 9.07. The Hall–Kier alpha value is -2.94. The van der Waals surface area contributed by atoms with E-state index in [-0.39, 0.29) is 11.8 Å². The average Bonchev–Trinajstić information content (AvgIpc) is 2.88. The smallest absolute Gasteiger partial charge is 0.264 e. The van der Waals surface area contributed by atoms with Gasteiger partial charge in [0.2, 0.25) is 0 Å². The zero-order chi connectivity index (χ0) is 18.1. The Kier molecular flexibility index (Phi) is 4.29. The summed E-state index contributed by atoms with van der Waals surface area (Å²) in [6, 6.07) is 17.8. The van der Waals surface area contributed by atoms with Crippen LogP contribution in [0.1, 0.15) is 35.7 Å². The van der Waals surface area contributed by atoms with E-state index in [1.807, 2.05) is 66.4 Å². The Morgan fingerprint density at radius 1 is 1.12 bits per heavy atom. The number of amidine groups is 1. The Morgan fingerprint density at radius 2 is 1.85 bits per heavy atom. The van der Waals surface area contributed by atoms with E-state index >= 15 is 0 Å². The number of hydrogen-bond donors (Lipinski definition) is 0. The Labute approximate surface area is 154 Å². The molecule has 3 heteroatoms. The van der Waals surface area contributed by atoms with Gasteiger partial charge in [-0.05, 0) is 55.5 Å². The molecule has 3 nitrogen and oxygen atoms in total. The maximum absolute atomic E-state index is 13.5. The molecular formula is C23H22N2O. The highest BCUT2D eigenvalue weighted by Gasteiger charge is 2.35. The van der Waals surface area contributed by atoms with Gasteiger partial charge >= 0.3 is 0 Å². The molecular weight excluding hydrogens is 320 g/mol. The molecule has 2 heterocycles. The van der Waals surface area contributed by atoms with Crippen LogP contribution in [0.25, 0.3) is 0 Å². The predicted molar refractivity (Wildman–Crippen MR) is 106 cm³/mol. The van der Waals surface area contributed by atoms with E-state index in [1.165, 1.54) is 5.57 Å². The van der Waals surface area contributed by atoms with Gasteiger partial charge in [0.05, 0.1) is 5.69 Å². The second-order valence-corrected chi connectivity index (χ2v) is 6.86. The summed E-state index contributed by atoms with van der Waals surface area (Å²) < 4.78 is 0. The number of allylic oxidation sites excluding steroid dienone is 3. The van der Waals surface area contributed by atoms with Crippen LogP contribution in [0.5, 0.6) is 0 Å². The van der Waals surface area contributed by atoms with Crippen molar-refractivity contribution in [1.82, 2.24) is 0 Å². The number of para-hydroxylation sites is 1. The molecule has 0 N–H and O–H groups in total. The number of carbonyl (C=O) groups excluding carboxylic acids is 1. The van der Waals surface area contributed by atoms with Crippen molar-refractivity contribution in [2.24, 2.45) is 10.9 Å². The van der Waals surface area contributed by atoms with Crippen LogP contribution in [0.4, 0.5) is 5.69 Å². The molecule has 0 saturated heterocycles. The second-order valence-electron chi connectivity index (χ2n) is 6.86. The van der Waals surface area contributed by atoms with Crippen LogP contribution in [0.2, 0.25) is 0 Å². The molecule has 0 aliphatic carbocycles. The van der Waals surface area contributed by atoms with E-state index < -0.39 is 0 Å². The van der Waals surface area contributed by atoms with Crippen molar-refractivity contribution in [3.05, 3.63) is 89.6 Å². The van der Waals surface area contributed by atoms with Crippen molar-refractivity contribution >= 4 is 17.4 Å². The SMILES string of the molecule is C=CC1=C(C)N=C2C(CC1)Cc1ccccc1C(=O)N2c1ccccc1. The van der Waals surface area contributed by atoms with Gasteiger partial charge in [0, 0.05) is 17.2 Å².